The van der Waals surface area contributed by atoms with Crippen LogP contribution in [0.1, 0.15) is 50.2 Å². The minimum absolute atomic E-state index is 0.159. The Morgan fingerprint density at radius 2 is 1.55 bits per heavy atom. The zero-order valence-electron chi connectivity index (χ0n) is 11.5. The zero-order chi connectivity index (χ0) is 13.9. The SMILES string of the molecule is OC(c1cccc(F)c1F)C12CC3CC(CC(C3)C1)C2. The van der Waals surface area contributed by atoms with Crippen molar-refractivity contribution >= 4 is 0 Å². The summed E-state index contributed by atoms with van der Waals surface area (Å²) < 4.78 is 27.4. The second-order valence-corrected chi connectivity index (χ2v) is 7.33. The molecule has 0 aliphatic heterocycles. The minimum Gasteiger partial charge on any atom is -0.388 e. The summed E-state index contributed by atoms with van der Waals surface area (Å²) in [5.41, 5.74) is -0.0458. The molecule has 20 heavy (non-hydrogen) atoms. The Bertz CT molecular complexity index is 505. The van der Waals surface area contributed by atoms with E-state index in [9.17, 15) is 13.9 Å². The van der Waals surface area contributed by atoms with Crippen molar-refractivity contribution in [2.45, 2.75) is 44.6 Å². The topological polar surface area (TPSA) is 20.2 Å². The summed E-state index contributed by atoms with van der Waals surface area (Å²) in [6.07, 6.45) is 5.92. The van der Waals surface area contributed by atoms with E-state index in [1.807, 2.05) is 0 Å². The molecule has 3 heteroatoms. The smallest absolute Gasteiger partial charge is 0.164 e. The number of hydrogen-bond donors (Lipinski definition) is 1. The van der Waals surface area contributed by atoms with E-state index >= 15 is 0 Å². The van der Waals surface area contributed by atoms with Gasteiger partial charge < -0.3 is 5.11 Å². The standard InChI is InChI=1S/C17H20F2O/c18-14-3-1-2-13(15(14)19)16(20)17-7-10-4-11(8-17)6-12(5-10)9-17/h1-3,10-12,16,20H,4-9H2. The van der Waals surface area contributed by atoms with E-state index in [1.165, 1.54) is 25.3 Å². The van der Waals surface area contributed by atoms with Crippen LogP contribution in [0.15, 0.2) is 18.2 Å². The first-order valence-electron chi connectivity index (χ1n) is 7.69. The van der Waals surface area contributed by atoms with Crippen molar-refractivity contribution in [1.29, 1.82) is 0 Å². The van der Waals surface area contributed by atoms with Crippen LogP contribution in [0.3, 0.4) is 0 Å². The lowest BCUT2D eigenvalue weighted by molar-refractivity contribution is -0.123. The van der Waals surface area contributed by atoms with Crippen LogP contribution in [-0.2, 0) is 0 Å². The van der Waals surface area contributed by atoms with Gasteiger partial charge in [-0.05, 0) is 62.3 Å². The van der Waals surface area contributed by atoms with Crippen LogP contribution in [0.4, 0.5) is 8.78 Å². The third-order valence-electron chi connectivity index (χ3n) is 5.94. The highest BCUT2D eigenvalue weighted by Crippen LogP contribution is 2.64. The Morgan fingerprint density at radius 3 is 2.10 bits per heavy atom. The lowest BCUT2D eigenvalue weighted by Gasteiger charge is -2.58. The van der Waals surface area contributed by atoms with Crippen molar-refractivity contribution in [3.63, 3.8) is 0 Å². The summed E-state index contributed by atoms with van der Waals surface area (Å²) in [7, 11) is 0. The largest absolute Gasteiger partial charge is 0.388 e. The van der Waals surface area contributed by atoms with Crippen molar-refractivity contribution in [2.75, 3.05) is 0 Å². The van der Waals surface area contributed by atoms with Gasteiger partial charge >= 0.3 is 0 Å². The van der Waals surface area contributed by atoms with Gasteiger partial charge in [0.25, 0.3) is 0 Å². The molecule has 4 aliphatic carbocycles. The summed E-state index contributed by atoms with van der Waals surface area (Å²) in [6.45, 7) is 0. The van der Waals surface area contributed by atoms with Crippen LogP contribution < -0.4 is 0 Å². The minimum atomic E-state index is -0.865. The molecule has 0 aromatic heterocycles. The van der Waals surface area contributed by atoms with Gasteiger partial charge in [0, 0.05) is 11.0 Å². The van der Waals surface area contributed by atoms with Gasteiger partial charge in [-0.2, -0.15) is 0 Å². The fourth-order valence-corrected chi connectivity index (χ4v) is 5.57. The predicted octanol–water partition coefficient (Wildman–Crippen LogP) is 4.21. The molecule has 0 radical (unpaired) electrons. The molecule has 4 aliphatic rings. The summed E-state index contributed by atoms with van der Waals surface area (Å²) in [4.78, 5) is 0. The number of hydrogen-bond acceptors (Lipinski definition) is 1. The Kier molecular flexibility index (Phi) is 2.72. The maximum absolute atomic E-state index is 14.0. The quantitative estimate of drug-likeness (QED) is 0.859. The highest BCUT2D eigenvalue weighted by molar-refractivity contribution is 5.24. The first kappa shape index (κ1) is 12.8. The number of aliphatic hydroxyl groups excluding tert-OH is 1. The number of halogens is 2. The molecule has 4 fully saturated rings. The van der Waals surface area contributed by atoms with E-state index in [2.05, 4.69) is 0 Å². The van der Waals surface area contributed by atoms with Crippen molar-refractivity contribution in [2.24, 2.45) is 23.2 Å². The van der Waals surface area contributed by atoms with Crippen LogP contribution in [0.25, 0.3) is 0 Å². The summed E-state index contributed by atoms with van der Waals surface area (Å²) in [5.74, 6) is 0.342. The normalized spacial score (nSPS) is 40.0. The predicted molar refractivity (Wildman–Crippen MR) is 71.9 cm³/mol. The van der Waals surface area contributed by atoms with Gasteiger partial charge in [-0.3, -0.25) is 0 Å². The molecule has 0 heterocycles. The van der Waals surface area contributed by atoms with Crippen LogP contribution in [0.5, 0.6) is 0 Å². The van der Waals surface area contributed by atoms with Crippen LogP contribution in [0.2, 0.25) is 0 Å². The molecule has 1 nitrogen and oxygen atoms in total. The first-order chi connectivity index (χ1) is 9.57. The van der Waals surface area contributed by atoms with Gasteiger partial charge in [0.15, 0.2) is 11.6 Å². The number of benzene rings is 1. The van der Waals surface area contributed by atoms with E-state index in [4.69, 9.17) is 0 Å². The molecule has 1 aromatic carbocycles. The number of rotatable bonds is 2. The number of aliphatic hydroxyl groups is 1. The molecule has 108 valence electrons. The van der Waals surface area contributed by atoms with E-state index in [1.54, 1.807) is 6.07 Å². The maximum Gasteiger partial charge on any atom is 0.164 e. The summed E-state index contributed by atoms with van der Waals surface area (Å²) in [5, 5.41) is 10.8. The first-order valence-corrected chi connectivity index (χ1v) is 7.69. The van der Waals surface area contributed by atoms with Crippen LogP contribution >= 0.6 is 0 Å². The average molecular weight is 278 g/mol. The molecule has 4 saturated carbocycles. The molecule has 0 saturated heterocycles. The fourth-order valence-electron chi connectivity index (χ4n) is 5.57. The lowest BCUT2D eigenvalue weighted by atomic mass is 9.47. The Morgan fingerprint density at radius 1 is 1.00 bits per heavy atom. The van der Waals surface area contributed by atoms with Gasteiger partial charge in [0.1, 0.15) is 0 Å². The second kappa shape index (κ2) is 4.27. The molecular weight excluding hydrogens is 258 g/mol. The monoisotopic (exact) mass is 278 g/mol. The van der Waals surface area contributed by atoms with Gasteiger partial charge in [-0.25, -0.2) is 8.78 Å². The summed E-state index contributed by atoms with van der Waals surface area (Å²) in [6, 6.07) is 4.16. The molecular formula is C17H20F2O. The highest BCUT2D eigenvalue weighted by atomic mass is 19.2. The Labute approximate surface area is 118 Å². The second-order valence-electron chi connectivity index (χ2n) is 7.33. The van der Waals surface area contributed by atoms with Crippen LogP contribution in [0, 0.1) is 34.8 Å². The van der Waals surface area contributed by atoms with Gasteiger partial charge in [-0.1, -0.05) is 12.1 Å². The van der Waals surface area contributed by atoms with Gasteiger partial charge in [0.05, 0.1) is 6.10 Å². The van der Waals surface area contributed by atoms with Gasteiger partial charge in [0.2, 0.25) is 0 Å². The maximum atomic E-state index is 14.0. The molecule has 1 unspecified atom stereocenters. The third kappa shape index (κ3) is 1.75. The Hall–Kier alpha value is -0.960. The lowest BCUT2D eigenvalue weighted by Crippen LogP contribution is -2.49. The molecule has 0 amide bonds. The highest BCUT2D eigenvalue weighted by Gasteiger charge is 2.54. The van der Waals surface area contributed by atoms with E-state index in [0.29, 0.717) is 17.8 Å². The van der Waals surface area contributed by atoms with Crippen molar-refractivity contribution < 1.29 is 13.9 Å². The van der Waals surface area contributed by atoms with E-state index in [-0.39, 0.29) is 11.0 Å². The molecule has 4 bridgehead atoms. The fraction of sp³-hybridized carbons (Fsp3) is 0.647. The van der Waals surface area contributed by atoms with Crippen molar-refractivity contribution in [3.05, 3.63) is 35.4 Å². The van der Waals surface area contributed by atoms with Crippen molar-refractivity contribution in [1.82, 2.24) is 0 Å². The molecule has 0 spiro atoms. The molecule has 1 N–H and O–H groups in total. The Balaban J connectivity index is 1.71. The van der Waals surface area contributed by atoms with Crippen LogP contribution in [-0.4, -0.2) is 5.11 Å². The van der Waals surface area contributed by atoms with Gasteiger partial charge in [-0.15, -0.1) is 0 Å². The average Bonchev–Trinajstić information content (AvgIpc) is 2.39. The van der Waals surface area contributed by atoms with Crippen molar-refractivity contribution in [3.8, 4) is 0 Å². The van der Waals surface area contributed by atoms with E-state index < -0.39 is 17.7 Å². The zero-order valence-corrected chi connectivity index (χ0v) is 11.5. The molecule has 1 aromatic rings. The molecule has 1 atom stereocenters. The van der Waals surface area contributed by atoms with E-state index in [0.717, 1.165) is 25.3 Å². The third-order valence-corrected chi connectivity index (χ3v) is 5.94. The summed E-state index contributed by atoms with van der Waals surface area (Å²) >= 11 is 0. The molecule has 5 rings (SSSR count).